The van der Waals surface area contributed by atoms with E-state index < -0.39 is 0 Å². The average Bonchev–Trinajstić information content (AvgIpc) is 3.81. The highest BCUT2D eigenvalue weighted by atomic mass is 16.3. The van der Waals surface area contributed by atoms with Gasteiger partial charge in [-0.25, -0.2) is 4.98 Å². The van der Waals surface area contributed by atoms with Gasteiger partial charge in [0.05, 0.1) is 16.6 Å². The molecular weight excluding hydrogens is 771 g/mol. The van der Waals surface area contributed by atoms with Crippen LogP contribution in [0.3, 0.4) is 0 Å². The fourth-order valence-corrected chi connectivity index (χ4v) is 9.79. The van der Waals surface area contributed by atoms with Gasteiger partial charge in [0.15, 0.2) is 17.2 Å². The number of furan rings is 1. The van der Waals surface area contributed by atoms with Crippen LogP contribution in [-0.2, 0) is 0 Å². The lowest BCUT2D eigenvalue weighted by molar-refractivity contribution is 0.670. The summed E-state index contributed by atoms with van der Waals surface area (Å²) in [5.74, 6) is 1.73. The van der Waals surface area contributed by atoms with E-state index in [2.05, 4.69) is 185 Å². The third-order valence-corrected chi connectivity index (χ3v) is 12.6. The molecule has 0 N–H and O–H groups in total. The zero-order valence-electron chi connectivity index (χ0n) is 34.1. The first-order valence-electron chi connectivity index (χ1n) is 21.5. The SMILES string of the molecule is C1=CCC=CC(c2nc(-c3ccccc3)nc(-n3c4ccccc4c4c(C5=CC=C(n6c7ccccc7c7ccc8ccccc8c76)CC=C5)cc5c6ccccc6oc5c43)n2)=C1. The number of nitrogens with zero attached hydrogens (tertiary/aromatic N) is 5. The van der Waals surface area contributed by atoms with Gasteiger partial charge in [-0.1, -0.05) is 170 Å². The van der Waals surface area contributed by atoms with Crippen molar-refractivity contribution in [3.63, 3.8) is 0 Å². The Morgan fingerprint density at radius 3 is 2.11 bits per heavy atom. The van der Waals surface area contributed by atoms with Crippen LogP contribution in [0.4, 0.5) is 0 Å². The molecular formula is C57H37N5O. The number of benzene rings is 7. The Morgan fingerprint density at radius 2 is 1.22 bits per heavy atom. The van der Waals surface area contributed by atoms with E-state index in [9.17, 15) is 0 Å². The largest absolute Gasteiger partial charge is 0.454 e. The Hall–Kier alpha value is -8.35. The lowest BCUT2D eigenvalue weighted by Crippen LogP contribution is -2.08. The number of para-hydroxylation sites is 3. The lowest BCUT2D eigenvalue weighted by atomic mass is 9.96. The van der Waals surface area contributed by atoms with Gasteiger partial charge >= 0.3 is 0 Å². The van der Waals surface area contributed by atoms with E-state index in [0.29, 0.717) is 17.6 Å². The molecule has 7 aromatic carbocycles. The zero-order chi connectivity index (χ0) is 41.4. The molecule has 296 valence electrons. The summed E-state index contributed by atoms with van der Waals surface area (Å²) < 4.78 is 11.6. The van der Waals surface area contributed by atoms with Crippen LogP contribution in [0.1, 0.15) is 24.2 Å². The van der Waals surface area contributed by atoms with Gasteiger partial charge in [-0.2, -0.15) is 9.97 Å². The third kappa shape index (κ3) is 5.55. The summed E-state index contributed by atoms with van der Waals surface area (Å²) >= 11 is 0. The minimum absolute atomic E-state index is 0.526. The van der Waals surface area contributed by atoms with Crippen molar-refractivity contribution in [2.45, 2.75) is 12.8 Å². The summed E-state index contributed by atoms with van der Waals surface area (Å²) in [4.78, 5) is 15.7. The molecule has 0 bridgehead atoms. The van der Waals surface area contributed by atoms with Gasteiger partial charge in [-0.05, 0) is 53.3 Å². The van der Waals surface area contributed by atoms with Gasteiger partial charge in [-0.3, -0.25) is 4.57 Å². The van der Waals surface area contributed by atoms with Gasteiger partial charge in [0.25, 0.3) is 0 Å². The molecule has 13 rings (SSSR count). The Morgan fingerprint density at radius 1 is 0.492 bits per heavy atom. The second-order valence-electron chi connectivity index (χ2n) is 16.2. The molecule has 0 atom stereocenters. The molecule has 63 heavy (non-hydrogen) atoms. The molecule has 0 amide bonds. The molecule has 0 fully saturated rings. The summed E-state index contributed by atoms with van der Waals surface area (Å²) in [5.41, 5.74) is 11.2. The van der Waals surface area contributed by atoms with E-state index >= 15 is 0 Å². The van der Waals surface area contributed by atoms with Crippen molar-refractivity contribution in [1.29, 1.82) is 0 Å². The van der Waals surface area contributed by atoms with Crippen molar-refractivity contribution in [1.82, 2.24) is 24.1 Å². The normalized spacial score (nSPS) is 14.3. The van der Waals surface area contributed by atoms with Crippen LogP contribution in [0.2, 0.25) is 0 Å². The van der Waals surface area contributed by atoms with Crippen LogP contribution in [0, 0.1) is 0 Å². The Balaban J connectivity index is 1.10. The van der Waals surface area contributed by atoms with E-state index in [0.717, 1.165) is 78.9 Å². The maximum absolute atomic E-state index is 6.91. The van der Waals surface area contributed by atoms with Gasteiger partial charge < -0.3 is 8.98 Å². The monoisotopic (exact) mass is 807 g/mol. The summed E-state index contributed by atoms with van der Waals surface area (Å²) in [6, 6.07) is 51.4. The Bertz CT molecular complexity index is 3900. The van der Waals surface area contributed by atoms with E-state index in [1.807, 2.05) is 24.3 Å². The quantitative estimate of drug-likeness (QED) is 0.174. The number of hydrogen-bond acceptors (Lipinski definition) is 4. The summed E-state index contributed by atoms with van der Waals surface area (Å²) in [6.07, 6.45) is 21.3. The molecule has 2 aliphatic carbocycles. The maximum atomic E-state index is 6.91. The molecule has 4 heterocycles. The van der Waals surface area contributed by atoms with Crippen molar-refractivity contribution < 1.29 is 4.42 Å². The minimum atomic E-state index is 0.526. The van der Waals surface area contributed by atoms with Crippen molar-refractivity contribution >= 4 is 93.2 Å². The average molecular weight is 808 g/mol. The molecule has 0 unspecified atom stereocenters. The lowest BCUT2D eigenvalue weighted by Gasteiger charge is -2.12. The van der Waals surface area contributed by atoms with Crippen LogP contribution < -0.4 is 0 Å². The molecule has 6 heteroatoms. The fourth-order valence-electron chi connectivity index (χ4n) is 9.79. The van der Waals surface area contributed by atoms with Gasteiger partial charge in [0.2, 0.25) is 5.95 Å². The predicted molar refractivity (Wildman–Crippen MR) is 261 cm³/mol. The van der Waals surface area contributed by atoms with Crippen LogP contribution in [0.5, 0.6) is 0 Å². The van der Waals surface area contributed by atoms with Crippen molar-refractivity contribution in [2.75, 3.05) is 0 Å². The second kappa shape index (κ2) is 14.1. The van der Waals surface area contributed by atoms with Gasteiger partial charge in [0, 0.05) is 61.0 Å². The molecule has 0 spiro atoms. The fraction of sp³-hybridized carbons (Fsp3) is 0.0351. The van der Waals surface area contributed by atoms with Crippen LogP contribution >= 0.6 is 0 Å². The van der Waals surface area contributed by atoms with Crippen molar-refractivity contribution in [3.05, 3.63) is 212 Å². The molecule has 0 radical (unpaired) electrons. The number of hydrogen-bond donors (Lipinski definition) is 0. The molecule has 0 saturated carbocycles. The molecule has 2 aliphatic rings. The number of fused-ring (bicyclic) bond motifs is 12. The number of allylic oxidation sites excluding steroid dienone is 12. The first-order chi connectivity index (χ1) is 31.3. The zero-order valence-corrected chi connectivity index (χ0v) is 34.1. The van der Waals surface area contributed by atoms with Crippen molar-refractivity contribution in [3.8, 4) is 17.3 Å². The van der Waals surface area contributed by atoms with Gasteiger partial charge in [-0.15, -0.1) is 0 Å². The van der Waals surface area contributed by atoms with E-state index in [-0.39, 0.29) is 0 Å². The van der Waals surface area contributed by atoms with E-state index in [1.165, 1.54) is 38.3 Å². The summed E-state index contributed by atoms with van der Waals surface area (Å²) in [6.45, 7) is 0. The first-order valence-corrected chi connectivity index (χ1v) is 21.5. The number of aromatic nitrogens is 5. The highest BCUT2D eigenvalue weighted by molar-refractivity contribution is 6.25. The Labute approximate surface area is 362 Å². The second-order valence-corrected chi connectivity index (χ2v) is 16.2. The highest BCUT2D eigenvalue weighted by Crippen LogP contribution is 2.45. The highest BCUT2D eigenvalue weighted by Gasteiger charge is 2.26. The maximum Gasteiger partial charge on any atom is 0.238 e. The van der Waals surface area contributed by atoms with E-state index in [4.69, 9.17) is 19.4 Å². The molecule has 0 saturated heterocycles. The summed E-state index contributed by atoms with van der Waals surface area (Å²) in [5, 5.41) is 9.24. The predicted octanol–water partition coefficient (Wildman–Crippen LogP) is 14.6. The number of rotatable bonds is 5. The van der Waals surface area contributed by atoms with Crippen LogP contribution in [0.25, 0.3) is 111 Å². The van der Waals surface area contributed by atoms with Crippen molar-refractivity contribution in [2.24, 2.45) is 0 Å². The van der Waals surface area contributed by atoms with E-state index in [1.54, 1.807) is 0 Å². The molecule has 4 aromatic heterocycles. The standard InChI is InChI=1S/C57H37N5O/c1-2-5-19-38(18-4-1)55-58-56(39-20-6-3-7-21-39)60-57(59-55)62-49-29-14-11-27-45(49)51-46(35-47-43-26-12-15-30-50(43)63-54(47)53(51)62)37-22-16-23-40(33-31-37)61-48-28-13-10-25-42(48)44-34-32-36-17-8-9-24-41(36)52(44)61/h1,3-22,24-35H,2,23H2. The minimum Gasteiger partial charge on any atom is -0.454 e. The Kier molecular flexibility index (Phi) is 7.93. The summed E-state index contributed by atoms with van der Waals surface area (Å²) in [7, 11) is 0. The molecule has 6 nitrogen and oxygen atoms in total. The molecule has 0 aliphatic heterocycles. The van der Waals surface area contributed by atoms with Crippen LogP contribution in [-0.4, -0.2) is 24.1 Å². The van der Waals surface area contributed by atoms with Crippen LogP contribution in [0.15, 0.2) is 205 Å². The third-order valence-electron chi connectivity index (χ3n) is 12.6. The topological polar surface area (TPSA) is 61.7 Å². The molecule has 11 aromatic rings. The smallest absolute Gasteiger partial charge is 0.238 e. The first kappa shape index (κ1) is 35.4. The van der Waals surface area contributed by atoms with Gasteiger partial charge in [0.1, 0.15) is 11.1 Å².